The monoisotopic (exact) mass is 497 g/mol. The molecule has 0 aliphatic heterocycles. The second-order valence-electron chi connectivity index (χ2n) is 8.61. The van der Waals surface area contributed by atoms with Gasteiger partial charge in [-0.25, -0.2) is 0 Å². The molecule has 0 spiro atoms. The Morgan fingerprint density at radius 1 is 1.09 bits per heavy atom. The van der Waals surface area contributed by atoms with Crippen LogP contribution in [-0.4, -0.2) is 55.6 Å². The van der Waals surface area contributed by atoms with Crippen molar-refractivity contribution in [1.29, 1.82) is 0 Å². The van der Waals surface area contributed by atoms with E-state index in [1.54, 1.807) is 38.1 Å². The Balaban J connectivity index is 2.07. The molecule has 0 radical (unpaired) electrons. The third-order valence-corrected chi connectivity index (χ3v) is 5.53. The summed E-state index contributed by atoms with van der Waals surface area (Å²) in [6, 6.07) is 13.2. The van der Waals surface area contributed by atoms with Crippen LogP contribution in [0.3, 0.4) is 0 Å². The molecule has 0 aliphatic rings. The van der Waals surface area contributed by atoms with Gasteiger partial charge in [0.2, 0.25) is 5.91 Å². The standard InChI is InChI=1S/C25H34F3N3O4/c1-16(2)22(23(32)25(26,27)28)30-13-21(18-9-11-19(34-3)12-10-18)31-24(33)20(29)15-35-14-17-7-5-4-6-8-17/h4-12,16,20-23,30,32H,13-15,29H2,1-3H3,(H,31,33)/t20-,21+,22-,23-/m0/s1. The first kappa shape index (κ1) is 28.6. The first-order valence-electron chi connectivity index (χ1n) is 11.3. The Labute approximate surface area is 203 Å². The van der Waals surface area contributed by atoms with Crippen molar-refractivity contribution in [1.82, 2.24) is 10.6 Å². The van der Waals surface area contributed by atoms with Gasteiger partial charge in [0.1, 0.15) is 11.8 Å². The maximum absolute atomic E-state index is 13.1. The van der Waals surface area contributed by atoms with Crippen molar-refractivity contribution in [3.8, 4) is 5.75 Å². The molecule has 10 heteroatoms. The van der Waals surface area contributed by atoms with Crippen LogP contribution < -0.4 is 21.1 Å². The normalized spacial score (nSPS) is 15.3. The highest BCUT2D eigenvalue weighted by atomic mass is 19.4. The quantitative estimate of drug-likeness (QED) is 0.339. The molecule has 0 aliphatic carbocycles. The molecule has 0 heterocycles. The molecule has 2 aromatic rings. The number of aliphatic hydroxyl groups is 1. The topological polar surface area (TPSA) is 106 Å². The molecule has 0 bridgehead atoms. The zero-order valence-corrected chi connectivity index (χ0v) is 20.1. The van der Waals surface area contributed by atoms with Crippen molar-refractivity contribution in [2.45, 2.75) is 50.9 Å². The van der Waals surface area contributed by atoms with Crippen molar-refractivity contribution in [3.05, 3.63) is 65.7 Å². The smallest absolute Gasteiger partial charge is 0.415 e. The van der Waals surface area contributed by atoms with Gasteiger partial charge >= 0.3 is 6.18 Å². The summed E-state index contributed by atoms with van der Waals surface area (Å²) in [6.45, 7) is 3.34. The number of amides is 1. The fraction of sp³-hybridized carbons (Fsp3) is 0.480. The lowest BCUT2D eigenvalue weighted by molar-refractivity contribution is -0.215. The second-order valence-corrected chi connectivity index (χ2v) is 8.61. The molecular formula is C25H34F3N3O4. The Morgan fingerprint density at radius 3 is 2.26 bits per heavy atom. The average molecular weight is 498 g/mol. The highest BCUT2D eigenvalue weighted by Crippen LogP contribution is 2.26. The fourth-order valence-corrected chi connectivity index (χ4v) is 3.49. The number of halogens is 3. The van der Waals surface area contributed by atoms with Crippen molar-refractivity contribution in [2.24, 2.45) is 11.7 Å². The molecule has 0 saturated heterocycles. The van der Waals surface area contributed by atoms with Gasteiger partial charge in [0.15, 0.2) is 6.10 Å². The number of hydrogen-bond donors (Lipinski definition) is 4. The summed E-state index contributed by atoms with van der Waals surface area (Å²) in [5.74, 6) is -0.448. The second kappa shape index (κ2) is 13.4. The van der Waals surface area contributed by atoms with Crippen LogP contribution in [0.15, 0.2) is 54.6 Å². The van der Waals surface area contributed by atoms with E-state index in [-0.39, 0.29) is 19.8 Å². The number of carbonyl (C=O) groups excluding carboxylic acids is 1. The molecule has 0 saturated carbocycles. The number of alkyl halides is 3. The summed E-state index contributed by atoms with van der Waals surface area (Å²) in [6.07, 6.45) is -7.33. The van der Waals surface area contributed by atoms with Crippen LogP contribution in [0.5, 0.6) is 5.75 Å². The zero-order chi connectivity index (χ0) is 26.0. The van der Waals surface area contributed by atoms with Gasteiger partial charge in [0, 0.05) is 12.6 Å². The van der Waals surface area contributed by atoms with E-state index < -0.39 is 42.2 Å². The minimum absolute atomic E-state index is 0.0368. The number of nitrogens with two attached hydrogens (primary N) is 1. The number of benzene rings is 2. The molecule has 0 fully saturated rings. The Morgan fingerprint density at radius 2 is 1.71 bits per heavy atom. The lowest BCUT2D eigenvalue weighted by atomic mass is 9.97. The number of carbonyl (C=O) groups is 1. The summed E-state index contributed by atoms with van der Waals surface area (Å²) >= 11 is 0. The van der Waals surface area contributed by atoms with Crippen molar-refractivity contribution < 1.29 is 32.5 Å². The number of aliphatic hydroxyl groups excluding tert-OH is 1. The van der Waals surface area contributed by atoms with E-state index in [1.165, 1.54) is 7.11 Å². The lowest BCUT2D eigenvalue weighted by Crippen LogP contribution is -2.53. The van der Waals surface area contributed by atoms with Crippen LogP contribution in [0.25, 0.3) is 0 Å². The molecular weight excluding hydrogens is 463 g/mol. The van der Waals surface area contributed by atoms with Crippen molar-refractivity contribution in [2.75, 3.05) is 20.3 Å². The Kier molecular flexibility index (Phi) is 11.0. The molecule has 194 valence electrons. The highest BCUT2D eigenvalue weighted by Gasteiger charge is 2.44. The molecule has 0 unspecified atom stereocenters. The minimum atomic E-state index is -4.78. The number of rotatable bonds is 13. The fourth-order valence-electron chi connectivity index (χ4n) is 3.49. The molecule has 7 nitrogen and oxygen atoms in total. The Bertz CT molecular complexity index is 895. The number of methoxy groups -OCH3 is 1. The maximum Gasteiger partial charge on any atom is 0.415 e. The zero-order valence-electron chi connectivity index (χ0n) is 20.1. The first-order chi connectivity index (χ1) is 16.5. The van der Waals surface area contributed by atoms with E-state index in [0.717, 1.165) is 5.56 Å². The molecule has 5 N–H and O–H groups in total. The Hall–Kier alpha value is -2.66. The van der Waals surface area contributed by atoms with E-state index in [9.17, 15) is 23.1 Å². The lowest BCUT2D eigenvalue weighted by Gasteiger charge is -2.31. The predicted octanol–water partition coefficient (Wildman–Crippen LogP) is 2.93. The van der Waals surface area contributed by atoms with Crippen LogP contribution in [0, 0.1) is 5.92 Å². The summed E-state index contributed by atoms with van der Waals surface area (Å²) in [7, 11) is 1.51. The molecule has 35 heavy (non-hydrogen) atoms. The number of ether oxygens (including phenoxy) is 2. The summed E-state index contributed by atoms with van der Waals surface area (Å²) < 4.78 is 50.1. The maximum atomic E-state index is 13.1. The third-order valence-electron chi connectivity index (χ3n) is 5.53. The van der Waals surface area contributed by atoms with Crippen LogP contribution in [0.4, 0.5) is 13.2 Å². The first-order valence-corrected chi connectivity index (χ1v) is 11.3. The summed E-state index contributed by atoms with van der Waals surface area (Å²) in [5, 5.41) is 15.4. The van der Waals surface area contributed by atoms with Gasteiger partial charge in [0.05, 0.1) is 26.4 Å². The molecule has 1 amide bonds. The highest BCUT2D eigenvalue weighted by molar-refractivity contribution is 5.82. The van der Waals surface area contributed by atoms with Gasteiger partial charge in [-0.1, -0.05) is 56.3 Å². The SMILES string of the molecule is COc1ccc([C@@H](CN[C@@H](C(C)C)[C@H](O)C(F)(F)F)NC(=O)[C@@H](N)COCc2ccccc2)cc1. The van der Waals surface area contributed by atoms with Gasteiger partial charge in [-0.3, -0.25) is 4.79 Å². The third kappa shape index (κ3) is 9.14. The molecule has 2 rings (SSSR count). The summed E-state index contributed by atoms with van der Waals surface area (Å²) in [5.41, 5.74) is 7.56. The molecule has 0 aromatic heterocycles. The van der Waals surface area contributed by atoms with Gasteiger partial charge in [-0.05, 0) is 29.2 Å². The average Bonchev–Trinajstić information content (AvgIpc) is 2.83. The van der Waals surface area contributed by atoms with Crippen molar-refractivity contribution >= 4 is 5.91 Å². The van der Waals surface area contributed by atoms with Gasteiger partial charge in [-0.2, -0.15) is 13.2 Å². The van der Waals surface area contributed by atoms with E-state index in [0.29, 0.717) is 11.3 Å². The van der Waals surface area contributed by atoms with E-state index in [1.807, 2.05) is 30.3 Å². The van der Waals surface area contributed by atoms with Gasteiger partial charge in [-0.15, -0.1) is 0 Å². The predicted molar refractivity (Wildman–Crippen MR) is 127 cm³/mol. The van der Waals surface area contributed by atoms with E-state index in [2.05, 4.69) is 10.6 Å². The van der Waals surface area contributed by atoms with Gasteiger partial charge < -0.3 is 30.9 Å². The molecule has 2 aromatic carbocycles. The van der Waals surface area contributed by atoms with Crippen LogP contribution in [0.2, 0.25) is 0 Å². The largest absolute Gasteiger partial charge is 0.497 e. The van der Waals surface area contributed by atoms with Gasteiger partial charge in [0.25, 0.3) is 0 Å². The summed E-state index contributed by atoms with van der Waals surface area (Å²) in [4.78, 5) is 12.8. The van der Waals surface area contributed by atoms with Crippen LogP contribution in [-0.2, 0) is 16.1 Å². The molecule has 4 atom stereocenters. The van der Waals surface area contributed by atoms with Crippen molar-refractivity contribution in [3.63, 3.8) is 0 Å². The number of nitrogens with one attached hydrogen (secondary N) is 2. The van der Waals surface area contributed by atoms with E-state index >= 15 is 0 Å². The van der Waals surface area contributed by atoms with E-state index in [4.69, 9.17) is 15.2 Å². The number of hydrogen-bond acceptors (Lipinski definition) is 6. The van der Waals surface area contributed by atoms with Crippen LogP contribution in [0.1, 0.15) is 31.0 Å². The minimum Gasteiger partial charge on any atom is -0.497 e. The van der Waals surface area contributed by atoms with Crippen LogP contribution >= 0.6 is 0 Å².